The number of hydrogen-bond acceptors (Lipinski definition) is 3. The van der Waals surface area contributed by atoms with Crippen molar-refractivity contribution in [2.45, 2.75) is 33.1 Å². The topological polar surface area (TPSA) is 37.8 Å². The van der Waals surface area contributed by atoms with E-state index in [0.717, 1.165) is 11.3 Å². The van der Waals surface area contributed by atoms with Crippen molar-refractivity contribution in [1.82, 2.24) is 9.97 Å². The molecule has 0 aliphatic carbocycles. The fourth-order valence-electron chi connectivity index (χ4n) is 1.74. The van der Waals surface area contributed by atoms with Crippen molar-refractivity contribution in [2.75, 3.05) is 5.32 Å². The highest BCUT2D eigenvalue weighted by Gasteiger charge is 2.19. The van der Waals surface area contributed by atoms with Gasteiger partial charge in [0.2, 0.25) is 0 Å². The molecule has 0 bridgehead atoms. The van der Waals surface area contributed by atoms with Crippen molar-refractivity contribution in [3.8, 4) is 0 Å². The number of anilines is 2. The second-order valence-corrected chi connectivity index (χ2v) is 7.10. The van der Waals surface area contributed by atoms with Crippen molar-refractivity contribution in [2.24, 2.45) is 0 Å². The van der Waals surface area contributed by atoms with Gasteiger partial charge < -0.3 is 5.32 Å². The Bertz CT molecular complexity index is 683. The zero-order chi connectivity index (χ0) is 15.8. The molecule has 1 aromatic carbocycles. The molecule has 0 saturated heterocycles. The van der Waals surface area contributed by atoms with Crippen LogP contribution in [0.3, 0.4) is 0 Å². The van der Waals surface area contributed by atoms with Crippen LogP contribution in [-0.2, 0) is 5.41 Å². The average molecular weight is 373 g/mol. The van der Waals surface area contributed by atoms with Crippen LogP contribution in [0.5, 0.6) is 0 Å². The van der Waals surface area contributed by atoms with E-state index in [2.05, 4.69) is 31.2 Å². The van der Waals surface area contributed by atoms with E-state index in [1.807, 2.05) is 27.7 Å². The minimum absolute atomic E-state index is 0.209. The highest BCUT2D eigenvalue weighted by atomic mass is 79.9. The van der Waals surface area contributed by atoms with Gasteiger partial charge in [-0.3, -0.25) is 0 Å². The van der Waals surface area contributed by atoms with Gasteiger partial charge in [-0.15, -0.1) is 0 Å². The first-order chi connectivity index (χ1) is 9.66. The van der Waals surface area contributed by atoms with Crippen molar-refractivity contribution in [1.29, 1.82) is 0 Å². The van der Waals surface area contributed by atoms with Crippen LogP contribution in [0.2, 0.25) is 5.15 Å². The molecule has 0 atom stereocenters. The largest absolute Gasteiger partial charge is 0.340 e. The molecule has 112 valence electrons. The van der Waals surface area contributed by atoms with Gasteiger partial charge in [-0.25, -0.2) is 14.4 Å². The third-order valence-electron chi connectivity index (χ3n) is 2.90. The monoisotopic (exact) mass is 371 g/mol. The Morgan fingerprint density at radius 1 is 1.19 bits per heavy atom. The molecule has 1 heterocycles. The molecule has 3 nitrogen and oxygen atoms in total. The number of benzene rings is 1. The number of halogens is 3. The molecule has 2 rings (SSSR count). The Kier molecular flexibility index (Phi) is 4.54. The van der Waals surface area contributed by atoms with Gasteiger partial charge in [-0.1, -0.05) is 32.4 Å². The zero-order valence-electron chi connectivity index (χ0n) is 12.3. The highest BCUT2D eigenvalue weighted by Crippen LogP contribution is 2.28. The van der Waals surface area contributed by atoms with Crippen LogP contribution in [0.25, 0.3) is 0 Å². The van der Waals surface area contributed by atoms with Crippen molar-refractivity contribution in [3.05, 3.63) is 45.0 Å². The molecule has 0 saturated carbocycles. The molecule has 1 N–H and O–H groups in total. The summed E-state index contributed by atoms with van der Waals surface area (Å²) in [6.45, 7) is 7.87. The van der Waals surface area contributed by atoms with E-state index >= 15 is 0 Å². The van der Waals surface area contributed by atoms with Crippen LogP contribution in [-0.4, -0.2) is 9.97 Å². The molecule has 0 aliphatic rings. The molecular formula is C15H16BrClFN3. The summed E-state index contributed by atoms with van der Waals surface area (Å²) in [6, 6.07) is 4.78. The molecule has 21 heavy (non-hydrogen) atoms. The third-order valence-corrected chi connectivity index (χ3v) is 3.70. The summed E-state index contributed by atoms with van der Waals surface area (Å²) in [6.07, 6.45) is 0. The number of aryl methyl sites for hydroxylation is 1. The Balaban J connectivity index is 2.40. The lowest BCUT2D eigenvalue weighted by Crippen LogP contribution is -2.16. The third kappa shape index (κ3) is 3.92. The van der Waals surface area contributed by atoms with Gasteiger partial charge in [0, 0.05) is 17.2 Å². The maximum Gasteiger partial charge on any atom is 0.137 e. The maximum absolute atomic E-state index is 13.5. The Labute approximate surface area is 137 Å². The molecule has 0 fully saturated rings. The second-order valence-electron chi connectivity index (χ2n) is 5.86. The number of nitrogens with zero attached hydrogens (tertiary/aromatic N) is 2. The van der Waals surface area contributed by atoms with Gasteiger partial charge in [0.05, 0.1) is 4.47 Å². The summed E-state index contributed by atoms with van der Waals surface area (Å²) in [5.41, 5.74) is 1.33. The van der Waals surface area contributed by atoms with Crippen LogP contribution in [0.15, 0.2) is 22.7 Å². The predicted molar refractivity (Wildman–Crippen MR) is 87.9 cm³/mol. The molecule has 0 aliphatic heterocycles. The minimum atomic E-state index is -0.297. The van der Waals surface area contributed by atoms with Gasteiger partial charge >= 0.3 is 0 Å². The number of aromatic nitrogens is 2. The van der Waals surface area contributed by atoms with Crippen LogP contribution in [0.1, 0.15) is 32.2 Å². The zero-order valence-corrected chi connectivity index (χ0v) is 14.6. The minimum Gasteiger partial charge on any atom is -0.340 e. The van der Waals surface area contributed by atoms with E-state index in [1.165, 1.54) is 6.07 Å². The van der Waals surface area contributed by atoms with Crippen molar-refractivity contribution in [3.63, 3.8) is 0 Å². The van der Waals surface area contributed by atoms with Crippen molar-refractivity contribution >= 4 is 39.0 Å². The summed E-state index contributed by atoms with van der Waals surface area (Å²) in [5, 5.41) is 3.53. The van der Waals surface area contributed by atoms with E-state index in [-0.39, 0.29) is 11.2 Å². The molecule has 0 amide bonds. The van der Waals surface area contributed by atoms with Crippen LogP contribution < -0.4 is 5.32 Å². The molecule has 0 spiro atoms. The van der Waals surface area contributed by atoms with Gasteiger partial charge in [0.25, 0.3) is 0 Å². The Morgan fingerprint density at radius 2 is 1.86 bits per heavy atom. The van der Waals surface area contributed by atoms with Crippen LogP contribution >= 0.6 is 27.5 Å². The van der Waals surface area contributed by atoms with E-state index in [0.29, 0.717) is 21.3 Å². The summed E-state index contributed by atoms with van der Waals surface area (Å²) in [4.78, 5) is 8.72. The van der Waals surface area contributed by atoms with Gasteiger partial charge in [0.1, 0.15) is 22.6 Å². The molecule has 2 aromatic rings. The first kappa shape index (κ1) is 16.2. The van der Waals surface area contributed by atoms with Crippen molar-refractivity contribution < 1.29 is 4.39 Å². The number of nitrogens with one attached hydrogen (secondary N) is 1. The molecule has 6 heteroatoms. The van der Waals surface area contributed by atoms with Gasteiger partial charge in [0.15, 0.2) is 0 Å². The predicted octanol–water partition coefficient (Wildman–Crippen LogP) is 5.38. The quantitative estimate of drug-likeness (QED) is 0.719. The van der Waals surface area contributed by atoms with E-state index in [4.69, 9.17) is 11.6 Å². The molecule has 0 unspecified atom stereocenters. The normalized spacial score (nSPS) is 11.6. The summed E-state index contributed by atoms with van der Waals surface area (Å²) < 4.78 is 13.9. The fourth-order valence-corrected chi connectivity index (χ4v) is 2.26. The number of rotatable bonds is 2. The first-order valence-electron chi connectivity index (χ1n) is 6.44. The lowest BCUT2D eigenvalue weighted by Gasteiger charge is -2.18. The summed E-state index contributed by atoms with van der Waals surface area (Å²) in [5.74, 6) is 0.937. The lowest BCUT2D eigenvalue weighted by molar-refractivity contribution is 0.546. The van der Waals surface area contributed by atoms with E-state index in [9.17, 15) is 4.39 Å². The Hall–Kier alpha value is -1.20. The number of hydrogen-bond donors (Lipinski definition) is 1. The first-order valence-corrected chi connectivity index (χ1v) is 7.61. The fraction of sp³-hybridized carbons (Fsp3) is 0.333. The standard InChI is InChI=1S/C15H16BrClFN3/c1-8-5-10(18)9(16)6-11(8)19-13-7-12(17)20-14(21-13)15(2,3)4/h5-7H,1-4H3,(H,19,20,21). The SMILES string of the molecule is Cc1cc(F)c(Br)cc1Nc1cc(Cl)nc(C(C)(C)C)n1. The summed E-state index contributed by atoms with van der Waals surface area (Å²) >= 11 is 9.24. The van der Waals surface area contributed by atoms with E-state index < -0.39 is 0 Å². The lowest BCUT2D eigenvalue weighted by atomic mass is 9.96. The molecular weight excluding hydrogens is 357 g/mol. The summed E-state index contributed by atoms with van der Waals surface area (Å²) in [7, 11) is 0. The van der Waals surface area contributed by atoms with Gasteiger partial charge in [-0.05, 0) is 40.5 Å². The van der Waals surface area contributed by atoms with E-state index in [1.54, 1.807) is 12.1 Å². The smallest absolute Gasteiger partial charge is 0.137 e. The Morgan fingerprint density at radius 3 is 2.48 bits per heavy atom. The van der Waals surface area contributed by atoms with Gasteiger partial charge in [-0.2, -0.15) is 0 Å². The maximum atomic E-state index is 13.5. The second kappa shape index (κ2) is 5.89. The molecule has 1 aromatic heterocycles. The molecule has 0 radical (unpaired) electrons. The van der Waals surface area contributed by atoms with Crippen LogP contribution in [0, 0.1) is 12.7 Å². The van der Waals surface area contributed by atoms with Crippen LogP contribution in [0.4, 0.5) is 15.9 Å². The average Bonchev–Trinajstić information content (AvgIpc) is 2.34. The highest BCUT2D eigenvalue weighted by molar-refractivity contribution is 9.10.